The third-order valence-corrected chi connectivity index (χ3v) is 4.94. The van der Waals surface area contributed by atoms with Gasteiger partial charge < -0.3 is 9.80 Å². The van der Waals surface area contributed by atoms with E-state index in [1.807, 2.05) is 0 Å². The van der Waals surface area contributed by atoms with Crippen LogP contribution in [0.3, 0.4) is 0 Å². The highest BCUT2D eigenvalue weighted by Crippen LogP contribution is 2.36. The maximum atomic E-state index is 9.54. The summed E-state index contributed by atoms with van der Waals surface area (Å²) in [5.74, 6) is 0.0407. The van der Waals surface area contributed by atoms with Crippen LogP contribution in [-0.4, -0.2) is 13.1 Å². The van der Waals surface area contributed by atoms with Crippen molar-refractivity contribution in [2.24, 2.45) is 5.92 Å². The van der Waals surface area contributed by atoms with Crippen LogP contribution in [0, 0.1) is 31.1 Å². The lowest BCUT2D eigenvalue weighted by Gasteiger charge is -2.41. The zero-order chi connectivity index (χ0) is 16.0. The molecule has 0 atom stereocenters. The van der Waals surface area contributed by atoms with Gasteiger partial charge in [0.15, 0.2) is 0 Å². The molecule has 23 heavy (non-hydrogen) atoms. The first-order valence-electron chi connectivity index (χ1n) is 8.22. The van der Waals surface area contributed by atoms with Crippen molar-refractivity contribution >= 4 is 11.4 Å². The van der Waals surface area contributed by atoms with E-state index in [1.165, 1.54) is 33.6 Å². The summed E-state index contributed by atoms with van der Waals surface area (Å²) in [6, 6.07) is 15.9. The zero-order valence-corrected chi connectivity index (χ0v) is 13.7. The zero-order valence-electron chi connectivity index (χ0n) is 13.7. The third-order valence-electron chi connectivity index (χ3n) is 4.94. The van der Waals surface area contributed by atoms with Crippen LogP contribution in [0.2, 0.25) is 0 Å². The molecule has 3 heterocycles. The molecule has 0 radical (unpaired) electrons. The Morgan fingerprint density at radius 1 is 0.870 bits per heavy atom. The fraction of sp³-hybridized carbons (Fsp3) is 0.350. The van der Waals surface area contributed by atoms with Gasteiger partial charge >= 0.3 is 0 Å². The number of aryl methyl sites for hydroxylation is 2. The summed E-state index contributed by atoms with van der Waals surface area (Å²) in [6.07, 6.45) is 0. The molecule has 3 aliphatic rings. The number of nitriles is 1. The van der Waals surface area contributed by atoms with Crippen molar-refractivity contribution in [3.8, 4) is 6.07 Å². The third kappa shape index (κ3) is 2.45. The first-order valence-corrected chi connectivity index (χ1v) is 8.22. The topological polar surface area (TPSA) is 30.3 Å². The predicted octanol–water partition coefficient (Wildman–Crippen LogP) is 3.78. The van der Waals surface area contributed by atoms with E-state index in [4.69, 9.17) is 0 Å². The summed E-state index contributed by atoms with van der Waals surface area (Å²) in [5.41, 5.74) is 7.90. The predicted molar refractivity (Wildman–Crippen MR) is 93.6 cm³/mol. The Hall–Kier alpha value is -2.47. The van der Waals surface area contributed by atoms with Gasteiger partial charge in [-0.3, -0.25) is 0 Å². The molecule has 2 aromatic carbocycles. The van der Waals surface area contributed by atoms with Crippen LogP contribution >= 0.6 is 0 Å². The lowest BCUT2D eigenvalue weighted by Crippen LogP contribution is -2.42. The van der Waals surface area contributed by atoms with Gasteiger partial charge in [0.1, 0.15) is 0 Å². The summed E-state index contributed by atoms with van der Waals surface area (Å²) in [7, 11) is 0. The SMILES string of the molecule is Cc1ccc2c(c1)CN1CC(C#N)CN2Cc2cc(C)ccc21. The van der Waals surface area contributed by atoms with Crippen molar-refractivity contribution in [1.82, 2.24) is 0 Å². The van der Waals surface area contributed by atoms with Gasteiger partial charge in [0.25, 0.3) is 0 Å². The molecule has 0 saturated carbocycles. The smallest absolute Gasteiger partial charge is 0.0813 e. The quantitative estimate of drug-likeness (QED) is 0.742. The Bertz CT molecular complexity index is 742. The highest BCUT2D eigenvalue weighted by Gasteiger charge is 2.29. The van der Waals surface area contributed by atoms with E-state index in [0.717, 1.165) is 26.2 Å². The van der Waals surface area contributed by atoms with Gasteiger partial charge in [0.2, 0.25) is 0 Å². The first-order chi connectivity index (χ1) is 11.1. The summed E-state index contributed by atoms with van der Waals surface area (Å²) < 4.78 is 0. The van der Waals surface area contributed by atoms with E-state index in [1.54, 1.807) is 0 Å². The molecule has 2 aromatic rings. The molecule has 3 aliphatic heterocycles. The van der Waals surface area contributed by atoms with E-state index in [-0.39, 0.29) is 5.92 Å². The van der Waals surface area contributed by atoms with E-state index >= 15 is 0 Å². The van der Waals surface area contributed by atoms with Crippen LogP contribution in [0.5, 0.6) is 0 Å². The van der Waals surface area contributed by atoms with Gasteiger partial charge in [-0.1, -0.05) is 35.4 Å². The lowest BCUT2D eigenvalue weighted by atomic mass is 9.96. The van der Waals surface area contributed by atoms with Crippen molar-refractivity contribution in [1.29, 1.82) is 5.26 Å². The first kappa shape index (κ1) is 14.1. The molecular weight excluding hydrogens is 282 g/mol. The van der Waals surface area contributed by atoms with Crippen LogP contribution in [-0.2, 0) is 13.1 Å². The highest BCUT2D eigenvalue weighted by atomic mass is 15.2. The van der Waals surface area contributed by atoms with Crippen molar-refractivity contribution in [3.63, 3.8) is 0 Å². The van der Waals surface area contributed by atoms with Gasteiger partial charge in [-0.25, -0.2) is 0 Å². The minimum absolute atomic E-state index is 0.0407. The number of hydrogen-bond acceptors (Lipinski definition) is 3. The molecular formula is C20H21N3. The second-order valence-corrected chi connectivity index (χ2v) is 6.85. The summed E-state index contributed by atoms with van der Waals surface area (Å²) in [4.78, 5) is 4.80. The fourth-order valence-corrected chi connectivity index (χ4v) is 3.88. The van der Waals surface area contributed by atoms with E-state index < -0.39 is 0 Å². The Kier molecular flexibility index (Phi) is 3.27. The molecule has 0 spiro atoms. The van der Waals surface area contributed by atoms with Crippen molar-refractivity contribution in [2.75, 3.05) is 22.9 Å². The minimum Gasteiger partial charge on any atom is -0.365 e. The Labute approximate surface area is 137 Å². The van der Waals surface area contributed by atoms with Crippen LogP contribution < -0.4 is 9.80 Å². The molecule has 0 aliphatic carbocycles. The van der Waals surface area contributed by atoms with Crippen LogP contribution in [0.4, 0.5) is 11.4 Å². The summed E-state index contributed by atoms with van der Waals surface area (Å²) in [6.45, 7) is 7.65. The van der Waals surface area contributed by atoms with Crippen LogP contribution in [0.15, 0.2) is 36.4 Å². The fourth-order valence-electron chi connectivity index (χ4n) is 3.88. The minimum atomic E-state index is 0.0407. The molecule has 3 heteroatoms. The molecule has 3 nitrogen and oxygen atoms in total. The van der Waals surface area contributed by atoms with Crippen LogP contribution in [0.25, 0.3) is 0 Å². The van der Waals surface area contributed by atoms with E-state index in [9.17, 15) is 5.26 Å². The van der Waals surface area contributed by atoms with Gasteiger partial charge in [0, 0.05) is 37.6 Å². The summed E-state index contributed by atoms with van der Waals surface area (Å²) >= 11 is 0. The number of hydrogen-bond donors (Lipinski definition) is 0. The number of nitrogens with zero attached hydrogens (tertiary/aromatic N) is 3. The largest absolute Gasteiger partial charge is 0.365 e. The Morgan fingerprint density at radius 2 is 1.35 bits per heavy atom. The van der Waals surface area contributed by atoms with Crippen molar-refractivity contribution in [3.05, 3.63) is 58.7 Å². The maximum absolute atomic E-state index is 9.54. The molecule has 0 unspecified atom stereocenters. The molecule has 0 N–H and O–H groups in total. The maximum Gasteiger partial charge on any atom is 0.0813 e. The molecule has 0 saturated heterocycles. The monoisotopic (exact) mass is 303 g/mol. The number of anilines is 2. The summed E-state index contributed by atoms with van der Waals surface area (Å²) in [5, 5.41) is 9.54. The van der Waals surface area contributed by atoms with Crippen LogP contribution in [0.1, 0.15) is 22.3 Å². The number of rotatable bonds is 0. The van der Waals surface area contributed by atoms with Gasteiger partial charge in [-0.05, 0) is 37.1 Å². The van der Waals surface area contributed by atoms with Gasteiger partial charge in [-0.2, -0.15) is 5.26 Å². The second-order valence-electron chi connectivity index (χ2n) is 6.85. The van der Waals surface area contributed by atoms with E-state index in [2.05, 4.69) is 66.1 Å². The normalized spacial score (nSPS) is 16.9. The number of fused-ring (bicyclic) bond motifs is 2. The Morgan fingerprint density at radius 3 is 1.78 bits per heavy atom. The number of benzene rings is 2. The lowest BCUT2D eigenvalue weighted by molar-refractivity contribution is 0.564. The molecule has 116 valence electrons. The molecule has 0 amide bonds. The molecule has 5 rings (SSSR count). The molecule has 0 fully saturated rings. The average molecular weight is 303 g/mol. The van der Waals surface area contributed by atoms with Gasteiger partial charge in [-0.15, -0.1) is 0 Å². The van der Waals surface area contributed by atoms with Gasteiger partial charge in [0.05, 0.1) is 12.0 Å². The molecule has 2 bridgehead atoms. The Balaban J connectivity index is 1.90. The second kappa shape index (κ2) is 5.31. The highest BCUT2D eigenvalue weighted by molar-refractivity contribution is 5.65. The van der Waals surface area contributed by atoms with Crippen molar-refractivity contribution in [2.45, 2.75) is 26.9 Å². The average Bonchev–Trinajstić information content (AvgIpc) is 2.49. The van der Waals surface area contributed by atoms with Crippen molar-refractivity contribution < 1.29 is 0 Å². The standard InChI is InChI=1S/C20H21N3/c1-14-3-5-19-17(7-14)12-22-10-16(9-21)11-23(19)13-18-8-15(2)4-6-20(18)22/h3-8,16H,10-13H2,1-2H3. The van der Waals surface area contributed by atoms with E-state index in [0.29, 0.717) is 0 Å². The molecule has 0 aromatic heterocycles.